The van der Waals surface area contributed by atoms with Crippen LogP contribution in [-0.2, 0) is 33.8 Å². The molecule has 1 aliphatic rings. The number of hydrogen-bond donors (Lipinski definition) is 3. The predicted octanol–water partition coefficient (Wildman–Crippen LogP) is 3.01. The largest absolute Gasteiger partial charge is 0.475 e. The summed E-state index contributed by atoms with van der Waals surface area (Å²) in [5.74, 6) is -1.35. The molecule has 1 amide bonds. The van der Waals surface area contributed by atoms with Gasteiger partial charge in [0, 0.05) is 12.8 Å². The predicted molar refractivity (Wildman–Crippen MR) is 139 cm³/mol. The van der Waals surface area contributed by atoms with Crippen molar-refractivity contribution < 1.29 is 24.4 Å². The van der Waals surface area contributed by atoms with Crippen molar-refractivity contribution in [3.8, 4) is 0 Å². The first kappa shape index (κ1) is 25.6. The zero-order valence-corrected chi connectivity index (χ0v) is 20.3. The van der Waals surface area contributed by atoms with Crippen molar-refractivity contribution >= 4 is 18.7 Å². The minimum Gasteiger partial charge on any atom is -0.426 e. The number of amides is 1. The zero-order valence-electron chi connectivity index (χ0n) is 20.3. The Morgan fingerprint density at radius 3 is 2.33 bits per heavy atom. The molecule has 4 rings (SSSR count). The van der Waals surface area contributed by atoms with Crippen LogP contribution in [0.2, 0.25) is 0 Å². The summed E-state index contributed by atoms with van der Waals surface area (Å²) in [5.41, 5.74) is 3.32. The van der Waals surface area contributed by atoms with Gasteiger partial charge in [-0.2, -0.15) is 0 Å². The SMILES string of the molecule is Cc1cccc(COCC2=NOC(Cc3ccccc3)(C(=O)NC(Cc3ccccc3)B(O)O)C2)c1. The Balaban J connectivity index is 1.45. The first-order valence-corrected chi connectivity index (χ1v) is 12.1. The summed E-state index contributed by atoms with van der Waals surface area (Å²) in [4.78, 5) is 19.4. The van der Waals surface area contributed by atoms with Crippen molar-refractivity contribution in [1.82, 2.24) is 5.32 Å². The molecule has 1 aliphatic heterocycles. The summed E-state index contributed by atoms with van der Waals surface area (Å²) in [6.45, 7) is 2.69. The van der Waals surface area contributed by atoms with Gasteiger partial charge < -0.3 is 24.9 Å². The summed E-state index contributed by atoms with van der Waals surface area (Å²) >= 11 is 0. The number of aryl methyl sites for hydroxylation is 1. The summed E-state index contributed by atoms with van der Waals surface area (Å²) in [7, 11) is -1.73. The highest BCUT2D eigenvalue weighted by atomic mass is 16.7. The molecular weight excluding hydrogens is 455 g/mol. The van der Waals surface area contributed by atoms with Gasteiger partial charge in [-0.15, -0.1) is 0 Å². The van der Waals surface area contributed by atoms with Crippen LogP contribution < -0.4 is 5.32 Å². The number of benzene rings is 3. The van der Waals surface area contributed by atoms with Gasteiger partial charge in [0.15, 0.2) is 0 Å². The Morgan fingerprint density at radius 2 is 1.67 bits per heavy atom. The van der Waals surface area contributed by atoms with Crippen molar-refractivity contribution in [2.24, 2.45) is 5.16 Å². The number of nitrogens with one attached hydrogen (secondary N) is 1. The molecule has 186 valence electrons. The van der Waals surface area contributed by atoms with Crippen LogP contribution >= 0.6 is 0 Å². The molecule has 0 radical (unpaired) electrons. The molecule has 0 bridgehead atoms. The first-order valence-electron chi connectivity index (χ1n) is 12.1. The molecule has 3 N–H and O–H groups in total. The number of rotatable bonds is 11. The van der Waals surface area contributed by atoms with E-state index in [1.54, 1.807) is 0 Å². The Hall–Kier alpha value is -3.46. The van der Waals surface area contributed by atoms with Gasteiger partial charge in [-0.25, -0.2) is 0 Å². The quantitative estimate of drug-likeness (QED) is 0.362. The van der Waals surface area contributed by atoms with Crippen molar-refractivity contribution in [3.05, 3.63) is 107 Å². The molecule has 3 aromatic carbocycles. The second-order valence-corrected chi connectivity index (χ2v) is 9.25. The molecule has 8 heteroatoms. The van der Waals surface area contributed by atoms with Gasteiger partial charge in [-0.3, -0.25) is 4.79 Å². The lowest BCUT2D eigenvalue weighted by molar-refractivity contribution is -0.144. The molecule has 0 aliphatic carbocycles. The molecule has 1 heterocycles. The van der Waals surface area contributed by atoms with Gasteiger partial charge in [0.2, 0.25) is 5.60 Å². The molecule has 0 spiro atoms. The van der Waals surface area contributed by atoms with Crippen molar-refractivity contribution in [2.45, 2.75) is 44.3 Å². The van der Waals surface area contributed by atoms with Crippen LogP contribution in [0.15, 0.2) is 90.1 Å². The minimum atomic E-state index is -1.73. The third kappa shape index (κ3) is 6.82. The van der Waals surface area contributed by atoms with E-state index in [1.165, 1.54) is 0 Å². The first-order chi connectivity index (χ1) is 17.4. The smallest absolute Gasteiger partial charge is 0.426 e. The summed E-state index contributed by atoms with van der Waals surface area (Å²) in [5, 5.41) is 27.0. The van der Waals surface area contributed by atoms with Crippen LogP contribution in [0.5, 0.6) is 0 Å². The second kappa shape index (κ2) is 12.0. The number of hydrogen-bond acceptors (Lipinski definition) is 6. The van der Waals surface area contributed by atoms with Crippen molar-refractivity contribution in [3.63, 3.8) is 0 Å². The fraction of sp³-hybridized carbons (Fsp3) is 0.286. The highest BCUT2D eigenvalue weighted by Crippen LogP contribution is 2.29. The van der Waals surface area contributed by atoms with E-state index < -0.39 is 24.6 Å². The summed E-state index contributed by atoms with van der Waals surface area (Å²) in [6.07, 6.45) is 0.782. The summed E-state index contributed by atoms with van der Waals surface area (Å²) in [6, 6.07) is 27.0. The molecule has 0 saturated heterocycles. The standard InChI is InChI=1S/C28H31BN2O5/c1-21-9-8-14-24(15-21)19-35-20-25-18-28(36-31-25,17-23-12-6-3-7-13-23)27(32)30-26(29(33)34)16-22-10-4-2-5-11-22/h2-15,26,33-34H,16-20H2,1H3,(H,30,32). The molecule has 0 saturated carbocycles. The third-order valence-electron chi connectivity index (χ3n) is 6.18. The van der Waals surface area contributed by atoms with E-state index in [0.717, 1.165) is 22.3 Å². The highest BCUT2D eigenvalue weighted by Gasteiger charge is 2.48. The maximum atomic E-state index is 13.6. The Bertz CT molecular complexity index is 1170. The van der Waals surface area contributed by atoms with Crippen molar-refractivity contribution in [1.29, 1.82) is 0 Å². The third-order valence-corrected chi connectivity index (χ3v) is 6.18. The molecule has 7 nitrogen and oxygen atoms in total. The van der Waals surface area contributed by atoms with E-state index in [0.29, 0.717) is 12.3 Å². The van der Waals surface area contributed by atoms with Gasteiger partial charge >= 0.3 is 7.12 Å². The molecule has 3 aromatic rings. The number of nitrogens with zero attached hydrogens (tertiary/aromatic N) is 1. The maximum Gasteiger partial charge on any atom is 0.475 e. The fourth-order valence-corrected chi connectivity index (χ4v) is 4.33. The van der Waals surface area contributed by atoms with Gasteiger partial charge in [0.25, 0.3) is 5.91 Å². The fourth-order valence-electron chi connectivity index (χ4n) is 4.33. The Labute approximate surface area is 211 Å². The lowest BCUT2D eigenvalue weighted by Crippen LogP contribution is -2.56. The molecule has 36 heavy (non-hydrogen) atoms. The van der Waals surface area contributed by atoms with Crippen LogP contribution in [0.3, 0.4) is 0 Å². The average Bonchev–Trinajstić information content (AvgIpc) is 3.29. The second-order valence-electron chi connectivity index (χ2n) is 9.25. The topological polar surface area (TPSA) is 100 Å². The Kier molecular flexibility index (Phi) is 8.54. The zero-order chi connectivity index (χ0) is 25.4. The van der Waals surface area contributed by atoms with Crippen LogP contribution in [0.25, 0.3) is 0 Å². The van der Waals surface area contributed by atoms with E-state index in [2.05, 4.69) is 16.5 Å². The maximum absolute atomic E-state index is 13.6. The van der Waals surface area contributed by atoms with E-state index in [1.807, 2.05) is 85.8 Å². The van der Waals surface area contributed by atoms with Gasteiger partial charge in [0.1, 0.15) is 0 Å². The molecule has 2 unspecified atom stereocenters. The van der Waals surface area contributed by atoms with Crippen LogP contribution in [0, 0.1) is 6.92 Å². The van der Waals surface area contributed by atoms with Gasteiger partial charge in [0.05, 0.1) is 24.9 Å². The van der Waals surface area contributed by atoms with Gasteiger partial charge in [-0.05, 0) is 30.0 Å². The van der Waals surface area contributed by atoms with E-state index in [-0.39, 0.29) is 25.9 Å². The number of carbonyl (C=O) groups is 1. The normalized spacial score (nSPS) is 17.7. The van der Waals surface area contributed by atoms with Crippen LogP contribution in [0.1, 0.15) is 28.7 Å². The minimum absolute atomic E-state index is 0.230. The summed E-state index contributed by atoms with van der Waals surface area (Å²) < 4.78 is 5.86. The highest BCUT2D eigenvalue weighted by molar-refractivity contribution is 6.43. The molecule has 0 aromatic heterocycles. The number of ether oxygens (including phenoxy) is 1. The molecular formula is C28H31BN2O5. The number of oxime groups is 1. The van der Waals surface area contributed by atoms with E-state index in [9.17, 15) is 14.8 Å². The van der Waals surface area contributed by atoms with Gasteiger partial charge in [-0.1, -0.05) is 95.6 Å². The van der Waals surface area contributed by atoms with Crippen molar-refractivity contribution in [2.75, 3.05) is 6.61 Å². The van der Waals surface area contributed by atoms with Crippen LogP contribution in [0.4, 0.5) is 0 Å². The Morgan fingerprint density at radius 1 is 1.00 bits per heavy atom. The average molecular weight is 486 g/mol. The molecule has 2 atom stereocenters. The lowest BCUT2D eigenvalue weighted by Gasteiger charge is -2.28. The van der Waals surface area contributed by atoms with Crippen LogP contribution in [-0.4, -0.2) is 46.9 Å². The number of carbonyl (C=O) groups excluding carboxylic acids is 1. The monoisotopic (exact) mass is 486 g/mol. The van der Waals surface area contributed by atoms with E-state index >= 15 is 0 Å². The van der Waals surface area contributed by atoms with E-state index in [4.69, 9.17) is 9.57 Å². The molecule has 0 fully saturated rings. The lowest BCUT2D eigenvalue weighted by atomic mass is 9.75.